The van der Waals surface area contributed by atoms with E-state index in [1.54, 1.807) is 23.2 Å². The van der Waals surface area contributed by atoms with E-state index in [1.807, 2.05) is 49.4 Å². The van der Waals surface area contributed by atoms with E-state index in [2.05, 4.69) is 30.3 Å². The number of hydrogen-bond acceptors (Lipinski definition) is 5. The molecule has 0 aliphatic carbocycles. The zero-order chi connectivity index (χ0) is 23.9. The standard InChI is InChI=1S/C28H28N2O3S/c1-3-33-28(32)19-30(18-21-10-5-4-6-11-21)27(31)17-25-20(2)29-26(34-25)16-23-14-9-13-22-12-7-8-15-24(22)23/h4-15H,3,16-19H2,1-2H3. The van der Waals surface area contributed by atoms with Crippen LogP contribution in [0.4, 0.5) is 0 Å². The molecular formula is C28H28N2O3S. The fraction of sp³-hybridized carbons (Fsp3) is 0.250. The molecule has 0 unspecified atom stereocenters. The molecule has 1 amide bonds. The minimum atomic E-state index is -0.399. The summed E-state index contributed by atoms with van der Waals surface area (Å²) in [7, 11) is 0. The van der Waals surface area contributed by atoms with Crippen LogP contribution in [0, 0.1) is 6.92 Å². The Hall–Kier alpha value is -3.51. The minimum absolute atomic E-state index is 0.0672. The van der Waals surface area contributed by atoms with E-state index >= 15 is 0 Å². The molecule has 0 atom stereocenters. The van der Waals surface area contributed by atoms with Crippen molar-refractivity contribution in [3.63, 3.8) is 0 Å². The van der Waals surface area contributed by atoms with Crippen LogP contribution in [0.1, 0.15) is 33.6 Å². The molecule has 6 heteroatoms. The van der Waals surface area contributed by atoms with Crippen LogP contribution in [0.2, 0.25) is 0 Å². The fourth-order valence-corrected chi connectivity index (χ4v) is 5.07. The van der Waals surface area contributed by atoms with Crippen molar-refractivity contribution in [3.05, 3.63) is 99.5 Å². The number of aryl methyl sites for hydroxylation is 1. The number of fused-ring (bicyclic) bond motifs is 1. The second-order valence-corrected chi connectivity index (χ2v) is 9.32. The van der Waals surface area contributed by atoms with Crippen molar-refractivity contribution < 1.29 is 14.3 Å². The van der Waals surface area contributed by atoms with Crippen molar-refractivity contribution in [2.75, 3.05) is 13.2 Å². The number of thiazole rings is 1. The molecule has 1 heterocycles. The second kappa shape index (κ2) is 11.1. The lowest BCUT2D eigenvalue weighted by Crippen LogP contribution is -2.37. The SMILES string of the molecule is CCOC(=O)CN(Cc1ccccc1)C(=O)Cc1sc(Cc2cccc3ccccc23)nc1C. The summed E-state index contributed by atoms with van der Waals surface area (Å²) in [4.78, 5) is 32.7. The molecule has 174 valence electrons. The van der Waals surface area contributed by atoms with Crippen molar-refractivity contribution in [2.45, 2.75) is 33.2 Å². The molecule has 0 fully saturated rings. The third-order valence-corrected chi connectivity index (χ3v) is 6.82. The molecule has 5 nitrogen and oxygen atoms in total. The highest BCUT2D eigenvalue weighted by atomic mass is 32.1. The lowest BCUT2D eigenvalue weighted by Gasteiger charge is -2.22. The Kier molecular flexibility index (Phi) is 7.70. The van der Waals surface area contributed by atoms with Gasteiger partial charge in [0.15, 0.2) is 0 Å². The highest BCUT2D eigenvalue weighted by Gasteiger charge is 2.21. The van der Waals surface area contributed by atoms with E-state index < -0.39 is 5.97 Å². The van der Waals surface area contributed by atoms with Crippen LogP contribution in [0.3, 0.4) is 0 Å². The van der Waals surface area contributed by atoms with Gasteiger partial charge < -0.3 is 9.64 Å². The highest BCUT2D eigenvalue weighted by molar-refractivity contribution is 7.11. The molecule has 0 saturated carbocycles. The summed E-state index contributed by atoms with van der Waals surface area (Å²) in [6.07, 6.45) is 0.933. The zero-order valence-corrected chi connectivity index (χ0v) is 20.3. The lowest BCUT2D eigenvalue weighted by molar-refractivity contribution is -0.149. The Bertz CT molecular complexity index is 1280. The molecule has 0 aliphatic rings. The molecule has 3 aromatic carbocycles. The first-order valence-electron chi connectivity index (χ1n) is 11.4. The van der Waals surface area contributed by atoms with E-state index in [4.69, 9.17) is 9.72 Å². The summed E-state index contributed by atoms with van der Waals surface area (Å²) in [6.45, 7) is 4.29. The number of hydrogen-bond donors (Lipinski definition) is 0. The number of carbonyl (C=O) groups is 2. The quantitative estimate of drug-likeness (QED) is 0.309. The summed E-state index contributed by atoms with van der Waals surface area (Å²) >= 11 is 1.57. The van der Waals surface area contributed by atoms with Gasteiger partial charge in [0.25, 0.3) is 0 Å². The molecule has 0 spiro atoms. The monoisotopic (exact) mass is 472 g/mol. The van der Waals surface area contributed by atoms with Crippen molar-refractivity contribution in [3.8, 4) is 0 Å². The van der Waals surface area contributed by atoms with Gasteiger partial charge in [-0.15, -0.1) is 11.3 Å². The van der Waals surface area contributed by atoms with Crippen molar-refractivity contribution in [1.82, 2.24) is 9.88 Å². The molecular weight excluding hydrogens is 444 g/mol. The van der Waals surface area contributed by atoms with Gasteiger partial charge in [-0.25, -0.2) is 4.98 Å². The van der Waals surface area contributed by atoms with Crippen molar-refractivity contribution in [2.24, 2.45) is 0 Å². The third kappa shape index (κ3) is 5.88. The summed E-state index contributed by atoms with van der Waals surface area (Å²) in [5.74, 6) is -0.509. The van der Waals surface area contributed by atoms with E-state index in [0.717, 1.165) is 27.6 Å². The molecule has 34 heavy (non-hydrogen) atoms. The Balaban J connectivity index is 1.51. The average Bonchev–Trinajstić information content (AvgIpc) is 3.18. The molecule has 0 bridgehead atoms. The Morgan fingerprint density at radius 1 is 0.971 bits per heavy atom. The number of nitrogens with zero attached hydrogens (tertiary/aromatic N) is 2. The second-order valence-electron chi connectivity index (χ2n) is 8.15. The number of benzene rings is 3. The van der Waals surface area contributed by atoms with Gasteiger partial charge in [0.2, 0.25) is 5.91 Å². The lowest BCUT2D eigenvalue weighted by atomic mass is 10.0. The zero-order valence-electron chi connectivity index (χ0n) is 19.5. The van der Waals surface area contributed by atoms with Gasteiger partial charge >= 0.3 is 5.97 Å². The first-order chi connectivity index (χ1) is 16.5. The molecule has 4 aromatic rings. The predicted octanol–water partition coefficient (Wildman–Crippen LogP) is 5.33. The number of esters is 1. The first-order valence-corrected chi connectivity index (χ1v) is 12.2. The number of amides is 1. The largest absolute Gasteiger partial charge is 0.465 e. The maximum Gasteiger partial charge on any atom is 0.325 e. The fourth-order valence-electron chi connectivity index (χ4n) is 3.99. The summed E-state index contributed by atoms with van der Waals surface area (Å²) in [6, 6.07) is 24.3. The predicted molar refractivity (Wildman–Crippen MR) is 136 cm³/mol. The maximum atomic E-state index is 13.2. The summed E-state index contributed by atoms with van der Waals surface area (Å²) < 4.78 is 5.10. The van der Waals surface area contributed by atoms with E-state index in [9.17, 15) is 9.59 Å². The average molecular weight is 473 g/mol. The van der Waals surface area contributed by atoms with Gasteiger partial charge in [0.1, 0.15) is 6.54 Å². The van der Waals surface area contributed by atoms with Crippen LogP contribution in [0.25, 0.3) is 10.8 Å². The third-order valence-electron chi connectivity index (χ3n) is 5.66. The molecule has 0 aliphatic heterocycles. The maximum absolute atomic E-state index is 13.2. The molecule has 0 N–H and O–H groups in total. The Morgan fingerprint density at radius 2 is 1.71 bits per heavy atom. The van der Waals surface area contributed by atoms with Crippen LogP contribution < -0.4 is 0 Å². The first kappa shape index (κ1) is 23.6. The van der Waals surface area contributed by atoms with E-state index in [0.29, 0.717) is 6.54 Å². The van der Waals surface area contributed by atoms with E-state index in [-0.39, 0.29) is 25.5 Å². The normalized spacial score (nSPS) is 10.9. The smallest absolute Gasteiger partial charge is 0.325 e. The summed E-state index contributed by atoms with van der Waals surface area (Å²) in [5.41, 5.74) is 3.06. The van der Waals surface area contributed by atoms with Crippen molar-refractivity contribution in [1.29, 1.82) is 0 Å². The van der Waals surface area contributed by atoms with Crippen molar-refractivity contribution >= 4 is 34.0 Å². The van der Waals surface area contributed by atoms with Gasteiger partial charge in [0, 0.05) is 17.8 Å². The van der Waals surface area contributed by atoms with Gasteiger partial charge in [-0.05, 0) is 35.7 Å². The minimum Gasteiger partial charge on any atom is -0.465 e. The van der Waals surface area contributed by atoms with Crippen LogP contribution in [0.5, 0.6) is 0 Å². The number of aromatic nitrogens is 1. The van der Waals surface area contributed by atoms with Gasteiger partial charge in [-0.2, -0.15) is 0 Å². The Morgan fingerprint density at radius 3 is 2.50 bits per heavy atom. The van der Waals surface area contributed by atoms with Gasteiger partial charge in [0.05, 0.1) is 23.7 Å². The van der Waals surface area contributed by atoms with Crippen LogP contribution >= 0.6 is 11.3 Å². The van der Waals surface area contributed by atoms with E-state index in [1.165, 1.54) is 16.3 Å². The van der Waals surface area contributed by atoms with Crippen LogP contribution in [0.15, 0.2) is 72.8 Å². The Labute approximate surface area is 204 Å². The summed E-state index contributed by atoms with van der Waals surface area (Å²) in [5, 5.41) is 3.41. The molecule has 0 saturated heterocycles. The number of rotatable bonds is 9. The number of ether oxygens (including phenoxy) is 1. The highest BCUT2D eigenvalue weighted by Crippen LogP contribution is 2.26. The topological polar surface area (TPSA) is 59.5 Å². The van der Waals surface area contributed by atoms with Gasteiger partial charge in [-0.3, -0.25) is 9.59 Å². The van der Waals surface area contributed by atoms with Crippen LogP contribution in [-0.4, -0.2) is 34.9 Å². The molecule has 0 radical (unpaired) electrons. The number of carbonyl (C=O) groups excluding carboxylic acids is 2. The molecule has 4 rings (SSSR count). The molecule has 1 aromatic heterocycles. The van der Waals surface area contributed by atoms with Crippen LogP contribution in [-0.2, 0) is 33.7 Å². The van der Waals surface area contributed by atoms with Gasteiger partial charge in [-0.1, -0.05) is 72.8 Å².